The zero-order valence-electron chi connectivity index (χ0n) is 22.7. The monoisotopic (exact) mass is 546 g/mol. The van der Waals surface area contributed by atoms with E-state index in [9.17, 15) is 17.6 Å². The van der Waals surface area contributed by atoms with Crippen molar-refractivity contribution in [3.05, 3.63) is 105 Å². The molecule has 0 N–H and O–H groups in total. The molecule has 3 aromatic carbocycles. The van der Waals surface area contributed by atoms with Gasteiger partial charge in [-0.1, -0.05) is 63.1 Å². The van der Waals surface area contributed by atoms with Gasteiger partial charge < -0.3 is 0 Å². The normalized spacial score (nSPS) is 17.5. The van der Waals surface area contributed by atoms with E-state index in [-0.39, 0.29) is 41.4 Å². The Labute approximate surface area is 227 Å². The maximum atomic E-state index is 15.1. The Morgan fingerprint density at radius 3 is 1.33 bits per heavy atom. The van der Waals surface area contributed by atoms with E-state index in [1.54, 1.807) is 31.2 Å². The summed E-state index contributed by atoms with van der Waals surface area (Å²) in [6, 6.07) is 9.47. The number of rotatable bonds is 10. The summed E-state index contributed by atoms with van der Waals surface area (Å²) in [6.07, 6.45) is 5.85. The highest BCUT2D eigenvalue weighted by Crippen LogP contribution is 2.42. The summed E-state index contributed by atoms with van der Waals surface area (Å²) >= 11 is 0. The van der Waals surface area contributed by atoms with Gasteiger partial charge in [0.25, 0.3) is 0 Å². The fourth-order valence-corrected chi connectivity index (χ4v) is 5.87. The van der Waals surface area contributed by atoms with Gasteiger partial charge in [0.1, 0.15) is 0 Å². The quantitative estimate of drug-likeness (QED) is 0.175. The van der Waals surface area contributed by atoms with E-state index in [1.807, 2.05) is 6.92 Å². The second-order valence-corrected chi connectivity index (χ2v) is 10.8. The summed E-state index contributed by atoms with van der Waals surface area (Å²) in [5, 5.41) is 0. The number of aryl methyl sites for hydroxylation is 4. The fraction of sp³-hybridized carbons (Fsp3) is 0.455. The van der Waals surface area contributed by atoms with Crippen LogP contribution in [-0.4, -0.2) is 0 Å². The van der Waals surface area contributed by atoms with Crippen LogP contribution in [0.3, 0.4) is 0 Å². The van der Waals surface area contributed by atoms with Crippen molar-refractivity contribution in [2.24, 2.45) is 0 Å². The number of hydrogen-bond donors (Lipinski definition) is 0. The Morgan fingerprint density at radius 2 is 0.872 bits per heavy atom. The molecule has 0 unspecified atom stereocenters. The predicted octanol–water partition coefficient (Wildman–Crippen LogP) is 10.0. The first-order valence-electron chi connectivity index (χ1n) is 14.2. The van der Waals surface area contributed by atoms with Crippen molar-refractivity contribution in [1.29, 1.82) is 0 Å². The van der Waals surface area contributed by atoms with Crippen molar-refractivity contribution in [3.63, 3.8) is 0 Å². The van der Waals surface area contributed by atoms with Gasteiger partial charge in [-0.3, -0.25) is 0 Å². The molecular formula is C33H36F6. The highest BCUT2D eigenvalue weighted by molar-refractivity contribution is 5.33. The molecule has 6 heteroatoms. The first kappa shape index (κ1) is 29.2. The van der Waals surface area contributed by atoms with E-state index < -0.39 is 34.9 Å². The van der Waals surface area contributed by atoms with Gasteiger partial charge in [0, 0.05) is 0 Å². The average molecular weight is 547 g/mol. The minimum atomic E-state index is -0.963. The minimum Gasteiger partial charge on any atom is -0.203 e. The lowest BCUT2D eigenvalue weighted by Crippen LogP contribution is -2.16. The van der Waals surface area contributed by atoms with Crippen LogP contribution < -0.4 is 0 Å². The molecule has 1 aliphatic carbocycles. The molecule has 0 saturated heterocycles. The minimum absolute atomic E-state index is 0.0416. The lowest BCUT2D eigenvalue weighted by atomic mass is 9.75. The molecule has 1 saturated carbocycles. The van der Waals surface area contributed by atoms with Crippen molar-refractivity contribution in [2.45, 2.75) is 96.3 Å². The van der Waals surface area contributed by atoms with Gasteiger partial charge in [-0.25, -0.2) is 26.3 Å². The second kappa shape index (κ2) is 13.1. The summed E-state index contributed by atoms with van der Waals surface area (Å²) in [5.41, 5.74) is 1.57. The van der Waals surface area contributed by atoms with Crippen LogP contribution in [0.1, 0.15) is 104 Å². The van der Waals surface area contributed by atoms with Crippen LogP contribution in [-0.2, 0) is 25.7 Å². The van der Waals surface area contributed by atoms with E-state index >= 15 is 8.78 Å². The Balaban J connectivity index is 1.40. The summed E-state index contributed by atoms with van der Waals surface area (Å²) in [7, 11) is 0. The number of halogens is 6. The SMILES string of the molecule is CCCCCc1ccc(CCc2ccc(C3CCC(c4ccc(CC)c(F)c4F)CC3)c(F)c2F)c(F)c1F. The molecule has 4 rings (SSSR count). The molecule has 0 atom stereocenters. The Hall–Kier alpha value is -2.76. The van der Waals surface area contributed by atoms with Crippen molar-refractivity contribution >= 4 is 0 Å². The average Bonchev–Trinajstić information content (AvgIpc) is 2.94. The molecule has 0 amide bonds. The van der Waals surface area contributed by atoms with E-state index in [1.165, 1.54) is 12.1 Å². The molecule has 0 nitrogen and oxygen atoms in total. The van der Waals surface area contributed by atoms with Crippen LogP contribution in [0.5, 0.6) is 0 Å². The largest absolute Gasteiger partial charge is 0.203 e. The Bertz CT molecular complexity index is 1290. The number of benzene rings is 3. The number of hydrogen-bond acceptors (Lipinski definition) is 0. The highest BCUT2D eigenvalue weighted by Gasteiger charge is 2.29. The predicted molar refractivity (Wildman–Crippen MR) is 143 cm³/mol. The molecule has 1 fully saturated rings. The standard InChI is InChI=1S/C33H36F6/c1-3-5-6-7-23-12-13-24(30(36)29(23)35)14-15-25-17-19-27(33(39)31(25)37)22-10-8-21(9-11-22)26-18-16-20(4-2)28(34)32(26)38/h12-13,16-19,21-22H,3-11,14-15H2,1-2H3. The second-order valence-electron chi connectivity index (χ2n) is 10.8. The first-order valence-corrected chi connectivity index (χ1v) is 14.2. The van der Waals surface area contributed by atoms with Crippen LogP contribution >= 0.6 is 0 Å². The van der Waals surface area contributed by atoms with Gasteiger partial charge in [0.2, 0.25) is 0 Å². The molecule has 210 valence electrons. The molecule has 0 heterocycles. The molecule has 0 bridgehead atoms. The third kappa shape index (κ3) is 6.36. The van der Waals surface area contributed by atoms with Gasteiger partial charge in [-0.05, 0) is 103 Å². The summed E-state index contributed by atoms with van der Waals surface area (Å²) in [4.78, 5) is 0. The third-order valence-electron chi connectivity index (χ3n) is 8.33. The van der Waals surface area contributed by atoms with Gasteiger partial charge in [0.15, 0.2) is 34.9 Å². The maximum Gasteiger partial charge on any atom is 0.162 e. The fourth-order valence-electron chi connectivity index (χ4n) is 5.87. The summed E-state index contributed by atoms with van der Waals surface area (Å²) in [6.45, 7) is 3.81. The zero-order valence-corrected chi connectivity index (χ0v) is 22.7. The summed E-state index contributed by atoms with van der Waals surface area (Å²) < 4.78 is 88.1. The smallest absolute Gasteiger partial charge is 0.162 e. The van der Waals surface area contributed by atoms with E-state index in [4.69, 9.17) is 0 Å². The highest BCUT2D eigenvalue weighted by atomic mass is 19.2. The van der Waals surface area contributed by atoms with Crippen LogP contribution in [0.25, 0.3) is 0 Å². The van der Waals surface area contributed by atoms with Crippen LogP contribution in [0.2, 0.25) is 0 Å². The molecule has 0 aromatic heterocycles. The Kier molecular flexibility index (Phi) is 9.79. The topological polar surface area (TPSA) is 0 Å². The summed E-state index contributed by atoms with van der Waals surface area (Å²) in [5.74, 6) is -5.65. The Morgan fingerprint density at radius 1 is 0.487 bits per heavy atom. The van der Waals surface area contributed by atoms with Gasteiger partial charge >= 0.3 is 0 Å². The molecule has 0 aliphatic heterocycles. The van der Waals surface area contributed by atoms with Crippen molar-refractivity contribution in [1.82, 2.24) is 0 Å². The van der Waals surface area contributed by atoms with Gasteiger partial charge in [0.05, 0.1) is 0 Å². The third-order valence-corrected chi connectivity index (χ3v) is 8.33. The van der Waals surface area contributed by atoms with Crippen molar-refractivity contribution < 1.29 is 26.3 Å². The molecule has 0 radical (unpaired) electrons. The van der Waals surface area contributed by atoms with Gasteiger partial charge in [-0.2, -0.15) is 0 Å². The van der Waals surface area contributed by atoms with Crippen LogP contribution in [0.4, 0.5) is 26.3 Å². The first-order chi connectivity index (χ1) is 18.8. The number of unbranched alkanes of at least 4 members (excludes halogenated alkanes) is 2. The lowest BCUT2D eigenvalue weighted by molar-refractivity contribution is 0.369. The maximum absolute atomic E-state index is 15.1. The van der Waals surface area contributed by atoms with Crippen molar-refractivity contribution in [2.75, 3.05) is 0 Å². The molecule has 0 spiro atoms. The molecular weight excluding hydrogens is 510 g/mol. The molecule has 3 aromatic rings. The van der Waals surface area contributed by atoms with Gasteiger partial charge in [-0.15, -0.1) is 0 Å². The van der Waals surface area contributed by atoms with E-state index in [0.717, 1.165) is 19.3 Å². The lowest BCUT2D eigenvalue weighted by Gasteiger charge is -2.30. The van der Waals surface area contributed by atoms with Crippen molar-refractivity contribution in [3.8, 4) is 0 Å². The van der Waals surface area contributed by atoms with Crippen LogP contribution in [0, 0.1) is 34.9 Å². The van der Waals surface area contributed by atoms with Crippen LogP contribution in [0.15, 0.2) is 36.4 Å². The molecule has 1 aliphatic rings. The van der Waals surface area contributed by atoms with E-state index in [2.05, 4.69) is 0 Å². The zero-order chi connectivity index (χ0) is 28.1. The molecule has 39 heavy (non-hydrogen) atoms. The van der Waals surface area contributed by atoms with E-state index in [0.29, 0.717) is 55.2 Å².